The summed E-state index contributed by atoms with van der Waals surface area (Å²) >= 11 is 0. The number of hydrogen-bond donors (Lipinski definition) is 0. The molecule has 0 radical (unpaired) electrons. The van der Waals surface area contributed by atoms with E-state index in [1.54, 1.807) is 24.3 Å². The van der Waals surface area contributed by atoms with E-state index in [0.717, 1.165) is 11.3 Å². The Hall–Kier alpha value is -2.16. The highest BCUT2D eigenvalue weighted by Crippen LogP contribution is 2.12. The normalized spacial score (nSPS) is 10.1. The molecule has 0 atom stereocenters. The van der Waals surface area contributed by atoms with Crippen molar-refractivity contribution in [2.75, 3.05) is 11.9 Å². The van der Waals surface area contributed by atoms with Gasteiger partial charge in [-0.3, -0.25) is 9.78 Å². The van der Waals surface area contributed by atoms with Crippen molar-refractivity contribution in [2.45, 2.75) is 13.3 Å². The first kappa shape index (κ1) is 12.3. The minimum atomic E-state index is 0.0619. The van der Waals surface area contributed by atoms with Crippen LogP contribution in [0.5, 0.6) is 0 Å². The molecule has 0 saturated heterocycles. The fraction of sp³-hybridized carbons (Fsp3) is 0.200. The summed E-state index contributed by atoms with van der Waals surface area (Å²) in [6.07, 6.45) is 3.79. The van der Waals surface area contributed by atoms with Gasteiger partial charge in [-0.2, -0.15) is 0 Å². The predicted molar refractivity (Wildman–Crippen MR) is 72.5 cm³/mol. The average Bonchev–Trinajstić information content (AvgIpc) is 2.41. The van der Waals surface area contributed by atoms with Crippen LogP contribution in [0.2, 0.25) is 0 Å². The Balaban J connectivity index is 2.06. The second-order valence-electron chi connectivity index (χ2n) is 4.33. The van der Waals surface area contributed by atoms with Crippen LogP contribution >= 0.6 is 0 Å². The Kier molecular flexibility index (Phi) is 3.72. The molecule has 0 aliphatic rings. The van der Waals surface area contributed by atoms with Gasteiger partial charge in [0.2, 0.25) is 5.91 Å². The number of nitrogens with zero attached hydrogens (tertiary/aromatic N) is 2. The van der Waals surface area contributed by atoms with Gasteiger partial charge in [-0.15, -0.1) is 0 Å². The van der Waals surface area contributed by atoms with Crippen LogP contribution in [-0.4, -0.2) is 17.9 Å². The zero-order valence-electron chi connectivity index (χ0n) is 10.6. The Morgan fingerprint density at radius 2 is 1.94 bits per heavy atom. The molecular formula is C15H16N2O. The van der Waals surface area contributed by atoms with Crippen molar-refractivity contribution in [3.05, 3.63) is 59.9 Å². The number of likely N-dealkylation sites (N-methyl/N-ethyl adjacent to an activating group) is 1. The lowest BCUT2D eigenvalue weighted by Gasteiger charge is -2.16. The largest absolute Gasteiger partial charge is 0.314 e. The summed E-state index contributed by atoms with van der Waals surface area (Å²) in [7, 11) is 1.77. The Morgan fingerprint density at radius 1 is 1.22 bits per heavy atom. The van der Waals surface area contributed by atoms with Gasteiger partial charge in [0.15, 0.2) is 0 Å². The fourth-order valence-electron chi connectivity index (χ4n) is 1.70. The van der Waals surface area contributed by atoms with E-state index < -0.39 is 0 Å². The van der Waals surface area contributed by atoms with Gasteiger partial charge >= 0.3 is 0 Å². The molecule has 18 heavy (non-hydrogen) atoms. The molecule has 2 rings (SSSR count). The maximum absolute atomic E-state index is 12.1. The lowest BCUT2D eigenvalue weighted by Crippen LogP contribution is -2.27. The van der Waals surface area contributed by atoms with Crippen LogP contribution < -0.4 is 4.90 Å². The molecule has 1 aromatic carbocycles. The standard InChI is InChI=1S/C15H16N2O/c1-12-5-7-13(8-6-12)10-15(18)17(2)14-4-3-9-16-11-14/h3-9,11H,10H2,1-2H3. The highest BCUT2D eigenvalue weighted by Gasteiger charge is 2.11. The van der Waals surface area contributed by atoms with Crippen LogP contribution in [0.15, 0.2) is 48.8 Å². The average molecular weight is 240 g/mol. The molecule has 0 fully saturated rings. The molecule has 0 aliphatic carbocycles. The van der Waals surface area contributed by atoms with E-state index in [1.807, 2.05) is 43.3 Å². The molecule has 2 aromatic rings. The molecule has 1 amide bonds. The number of aromatic nitrogens is 1. The number of aryl methyl sites for hydroxylation is 1. The Labute approximate surface area is 107 Å². The van der Waals surface area contributed by atoms with Gasteiger partial charge in [-0.1, -0.05) is 29.8 Å². The number of benzene rings is 1. The number of anilines is 1. The topological polar surface area (TPSA) is 33.2 Å². The summed E-state index contributed by atoms with van der Waals surface area (Å²) in [4.78, 5) is 17.7. The molecule has 0 bridgehead atoms. The smallest absolute Gasteiger partial charge is 0.231 e. The van der Waals surface area contributed by atoms with Crippen LogP contribution in [0, 0.1) is 6.92 Å². The molecule has 0 N–H and O–H groups in total. The molecule has 3 heteroatoms. The minimum Gasteiger partial charge on any atom is -0.314 e. The van der Waals surface area contributed by atoms with Crippen molar-refractivity contribution in [1.29, 1.82) is 0 Å². The molecule has 0 aliphatic heterocycles. The van der Waals surface area contributed by atoms with Gasteiger partial charge in [-0.05, 0) is 24.6 Å². The van der Waals surface area contributed by atoms with Crippen LogP contribution in [0.25, 0.3) is 0 Å². The van der Waals surface area contributed by atoms with Gasteiger partial charge < -0.3 is 4.90 Å². The van der Waals surface area contributed by atoms with Gasteiger partial charge in [-0.25, -0.2) is 0 Å². The van der Waals surface area contributed by atoms with Crippen molar-refractivity contribution in [1.82, 2.24) is 4.98 Å². The molecule has 1 heterocycles. The summed E-state index contributed by atoms with van der Waals surface area (Å²) in [6.45, 7) is 2.04. The number of pyridine rings is 1. The van der Waals surface area contributed by atoms with E-state index in [4.69, 9.17) is 0 Å². The van der Waals surface area contributed by atoms with Crippen LogP contribution in [0.4, 0.5) is 5.69 Å². The third-order valence-corrected chi connectivity index (χ3v) is 2.88. The van der Waals surface area contributed by atoms with Crippen molar-refractivity contribution in [3.63, 3.8) is 0 Å². The maximum atomic E-state index is 12.1. The monoisotopic (exact) mass is 240 g/mol. The molecule has 0 spiro atoms. The molecule has 0 saturated carbocycles. The van der Waals surface area contributed by atoms with Crippen LogP contribution in [-0.2, 0) is 11.2 Å². The molecule has 3 nitrogen and oxygen atoms in total. The maximum Gasteiger partial charge on any atom is 0.231 e. The highest BCUT2D eigenvalue weighted by atomic mass is 16.2. The first-order valence-corrected chi connectivity index (χ1v) is 5.89. The van der Waals surface area contributed by atoms with Crippen molar-refractivity contribution >= 4 is 11.6 Å². The van der Waals surface area contributed by atoms with E-state index in [9.17, 15) is 4.79 Å². The SMILES string of the molecule is Cc1ccc(CC(=O)N(C)c2cccnc2)cc1. The third-order valence-electron chi connectivity index (χ3n) is 2.88. The second kappa shape index (κ2) is 5.45. The van der Waals surface area contributed by atoms with E-state index in [-0.39, 0.29) is 5.91 Å². The predicted octanol–water partition coefficient (Wildman–Crippen LogP) is 2.60. The quantitative estimate of drug-likeness (QED) is 0.826. The Bertz CT molecular complexity index is 520. The lowest BCUT2D eigenvalue weighted by atomic mass is 10.1. The summed E-state index contributed by atoms with van der Waals surface area (Å²) in [5.41, 5.74) is 3.04. The van der Waals surface area contributed by atoms with E-state index >= 15 is 0 Å². The number of hydrogen-bond acceptors (Lipinski definition) is 2. The van der Waals surface area contributed by atoms with Crippen LogP contribution in [0.1, 0.15) is 11.1 Å². The van der Waals surface area contributed by atoms with E-state index in [2.05, 4.69) is 4.98 Å². The lowest BCUT2D eigenvalue weighted by molar-refractivity contribution is -0.117. The Morgan fingerprint density at radius 3 is 2.56 bits per heavy atom. The molecule has 92 valence electrons. The number of carbonyl (C=O) groups excluding carboxylic acids is 1. The first-order valence-electron chi connectivity index (χ1n) is 5.89. The van der Waals surface area contributed by atoms with E-state index in [1.165, 1.54) is 5.56 Å². The number of carbonyl (C=O) groups is 1. The third kappa shape index (κ3) is 2.94. The second-order valence-corrected chi connectivity index (χ2v) is 4.33. The number of amides is 1. The van der Waals surface area contributed by atoms with Crippen molar-refractivity contribution in [2.24, 2.45) is 0 Å². The van der Waals surface area contributed by atoms with Crippen molar-refractivity contribution in [3.8, 4) is 0 Å². The minimum absolute atomic E-state index is 0.0619. The number of rotatable bonds is 3. The summed E-state index contributed by atoms with van der Waals surface area (Å²) in [5.74, 6) is 0.0619. The first-order chi connectivity index (χ1) is 8.66. The van der Waals surface area contributed by atoms with Gasteiger partial charge in [0, 0.05) is 13.2 Å². The summed E-state index contributed by atoms with van der Waals surface area (Å²) in [6, 6.07) is 11.7. The van der Waals surface area contributed by atoms with Crippen molar-refractivity contribution < 1.29 is 4.79 Å². The zero-order valence-corrected chi connectivity index (χ0v) is 10.6. The summed E-state index contributed by atoms with van der Waals surface area (Å²) < 4.78 is 0. The van der Waals surface area contributed by atoms with Gasteiger partial charge in [0.25, 0.3) is 0 Å². The zero-order chi connectivity index (χ0) is 13.0. The summed E-state index contributed by atoms with van der Waals surface area (Å²) in [5, 5.41) is 0. The van der Waals surface area contributed by atoms with E-state index in [0.29, 0.717) is 6.42 Å². The fourth-order valence-corrected chi connectivity index (χ4v) is 1.70. The molecule has 1 aromatic heterocycles. The molecule has 0 unspecified atom stereocenters. The molecular weight excluding hydrogens is 224 g/mol. The van der Waals surface area contributed by atoms with Gasteiger partial charge in [0.05, 0.1) is 18.3 Å². The van der Waals surface area contributed by atoms with Crippen LogP contribution in [0.3, 0.4) is 0 Å². The van der Waals surface area contributed by atoms with Gasteiger partial charge in [0.1, 0.15) is 0 Å². The highest BCUT2D eigenvalue weighted by molar-refractivity contribution is 5.94.